The van der Waals surface area contributed by atoms with Crippen molar-refractivity contribution in [3.63, 3.8) is 0 Å². The molecule has 0 saturated heterocycles. The molecule has 1 aromatic carbocycles. The van der Waals surface area contributed by atoms with Gasteiger partial charge in [-0.3, -0.25) is 0 Å². The molecule has 0 atom stereocenters. The molecular formula is C30H42O. The second kappa shape index (κ2) is 6.12. The Morgan fingerprint density at radius 3 is 1.29 bits per heavy atom. The largest absolute Gasteiger partial charge is 0.507 e. The number of hydrogen-bond donors (Lipinski definition) is 1. The lowest BCUT2D eigenvalue weighted by Crippen LogP contribution is -2.50. The molecule has 0 amide bonds. The van der Waals surface area contributed by atoms with Gasteiger partial charge in [0.25, 0.3) is 0 Å². The predicted octanol–water partition coefficient (Wildman–Crippen LogP) is 7.63. The zero-order valence-corrected chi connectivity index (χ0v) is 20.1. The lowest BCUT2D eigenvalue weighted by atomic mass is 9.46. The highest BCUT2D eigenvalue weighted by Crippen LogP contribution is 2.65. The third-order valence-electron chi connectivity index (χ3n) is 11.1. The molecule has 8 aliphatic rings. The van der Waals surface area contributed by atoms with Gasteiger partial charge in [-0.15, -0.1) is 0 Å². The van der Waals surface area contributed by atoms with E-state index in [1.54, 1.807) is 5.56 Å². The van der Waals surface area contributed by atoms with E-state index in [1.165, 1.54) is 88.2 Å². The molecule has 1 aromatic rings. The summed E-state index contributed by atoms with van der Waals surface area (Å²) in [6, 6.07) is 5.01. The van der Waals surface area contributed by atoms with Crippen LogP contribution in [-0.2, 0) is 16.2 Å². The molecule has 8 bridgehead atoms. The van der Waals surface area contributed by atoms with Crippen LogP contribution in [0.2, 0.25) is 0 Å². The monoisotopic (exact) mass is 418 g/mol. The molecule has 9 rings (SSSR count). The van der Waals surface area contributed by atoms with Crippen LogP contribution in [0.1, 0.15) is 115 Å². The average Bonchev–Trinajstić information content (AvgIpc) is 2.64. The molecule has 0 aromatic heterocycles. The van der Waals surface area contributed by atoms with Crippen molar-refractivity contribution in [3.05, 3.63) is 28.8 Å². The summed E-state index contributed by atoms with van der Waals surface area (Å²) in [5.41, 5.74) is 4.88. The summed E-state index contributed by atoms with van der Waals surface area (Å²) >= 11 is 0. The van der Waals surface area contributed by atoms with Crippen LogP contribution in [0.15, 0.2) is 12.1 Å². The summed E-state index contributed by atoms with van der Waals surface area (Å²) in [7, 11) is 0. The van der Waals surface area contributed by atoms with Crippen LogP contribution in [0.3, 0.4) is 0 Å². The summed E-state index contributed by atoms with van der Waals surface area (Å²) in [5.74, 6) is 6.34. The third-order valence-corrected chi connectivity index (χ3v) is 11.1. The number of rotatable bonds is 2. The summed E-state index contributed by atoms with van der Waals surface area (Å²) in [4.78, 5) is 0. The average molecular weight is 419 g/mol. The Morgan fingerprint density at radius 1 is 0.613 bits per heavy atom. The molecule has 31 heavy (non-hydrogen) atoms. The molecule has 1 N–H and O–H groups in total. The first kappa shape index (κ1) is 19.5. The number of benzene rings is 1. The van der Waals surface area contributed by atoms with Gasteiger partial charge in [-0.25, -0.2) is 0 Å². The second-order valence-electron chi connectivity index (χ2n) is 14.5. The first-order valence-corrected chi connectivity index (χ1v) is 13.6. The molecule has 8 saturated carbocycles. The normalized spacial score (nSPS) is 47.3. The lowest BCUT2D eigenvalue weighted by molar-refractivity contribution is -0.00839. The first-order valence-electron chi connectivity index (χ1n) is 13.6. The number of phenols is 1. The minimum absolute atomic E-state index is 0.00104. The van der Waals surface area contributed by atoms with Crippen molar-refractivity contribution in [2.45, 2.75) is 114 Å². The van der Waals surface area contributed by atoms with Gasteiger partial charge in [0.05, 0.1) is 0 Å². The van der Waals surface area contributed by atoms with Gasteiger partial charge in [-0.2, -0.15) is 0 Å². The number of aromatic hydroxyl groups is 1. The fourth-order valence-corrected chi connectivity index (χ4v) is 11.1. The lowest BCUT2D eigenvalue weighted by Gasteiger charge is -2.59. The molecule has 0 spiro atoms. The van der Waals surface area contributed by atoms with E-state index < -0.39 is 0 Å². The molecule has 1 heteroatoms. The standard InChI is InChI=1S/C30H42O/c1-28(2,3)26-24(29-12-18-6-19(13-29)8-20(7-18)14-29)4-5-25(27(26)31)30-15-21-9-22(16-30)11-23(10-21)17-30/h4-5,18-23,31H,6-17H2,1-3H3. The fourth-order valence-electron chi connectivity index (χ4n) is 11.1. The maximum atomic E-state index is 12.1. The van der Waals surface area contributed by atoms with Gasteiger partial charge in [0.2, 0.25) is 0 Å². The molecule has 0 aliphatic heterocycles. The topological polar surface area (TPSA) is 20.2 Å². The third kappa shape index (κ3) is 2.73. The number of phenolic OH excluding ortho intramolecular Hbond substituents is 1. The summed E-state index contributed by atoms with van der Waals surface area (Å²) in [5, 5.41) is 12.1. The molecule has 8 aliphatic carbocycles. The van der Waals surface area contributed by atoms with Crippen LogP contribution in [0, 0.1) is 35.5 Å². The van der Waals surface area contributed by atoms with E-state index in [0.29, 0.717) is 5.41 Å². The minimum Gasteiger partial charge on any atom is -0.507 e. The fraction of sp³-hybridized carbons (Fsp3) is 0.800. The van der Waals surface area contributed by atoms with E-state index in [0.717, 1.165) is 41.3 Å². The molecule has 0 unspecified atom stereocenters. The van der Waals surface area contributed by atoms with Gasteiger partial charge < -0.3 is 5.11 Å². The van der Waals surface area contributed by atoms with Crippen molar-refractivity contribution >= 4 is 0 Å². The van der Waals surface area contributed by atoms with Crippen LogP contribution in [-0.4, -0.2) is 5.11 Å². The Balaban J connectivity index is 1.37. The Labute approximate surface area is 189 Å². The van der Waals surface area contributed by atoms with Crippen molar-refractivity contribution in [2.75, 3.05) is 0 Å². The van der Waals surface area contributed by atoms with Crippen LogP contribution >= 0.6 is 0 Å². The highest BCUT2D eigenvalue weighted by Gasteiger charge is 2.55. The molecule has 168 valence electrons. The van der Waals surface area contributed by atoms with Crippen molar-refractivity contribution in [3.8, 4) is 5.75 Å². The van der Waals surface area contributed by atoms with Crippen LogP contribution in [0.5, 0.6) is 5.75 Å². The predicted molar refractivity (Wildman–Crippen MR) is 127 cm³/mol. The Kier molecular flexibility index (Phi) is 3.85. The van der Waals surface area contributed by atoms with Crippen LogP contribution in [0.25, 0.3) is 0 Å². The summed E-state index contributed by atoms with van der Waals surface area (Å²) < 4.78 is 0. The quantitative estimate of drug-likeness (QED) is 0.523. The van der Waals surface area contributed by atoms with Gasteiger partial charge in [-0.1, -0.05) is 32.9 Å². The molecule has 0 radical (unpaired) electrons. The van der Waals surface area contributed by atoms with Gasteiger partial charge in [0.1, 0.15) is 5.75 Å². The minimum atomic E-state index is 0.00104. The van der Waals surface area contributed by atoms with Gasteiger partial charge in [0.15, 0.2) is 0 Å². The summed E-state index contributed by atoms with van der Waals surface area (Å²) in [6.45, 7) is 7.07. The van der Waals surface area contributed by atoms with Gasteiger partial charge in [-0.05, 0) is 134 Å². The van der Waals surface area contributed by atoms with Crippen molar-refractivity contribution in [1.82, 2.24) is 0 Å². The van der Waals surface area contributed by atoms with Crippen molar-refractivity contribution in [1.29, 1.82) is 0 Å². The first-order chi connectivity index (χ1) is 14.7. The van der Waals surface area contributed by atoms with E-state index >= 15 is 0 Å². The molecular weight excluding hydrogens is 376 g/mol. The molecule has 0 heterocycles. The zero-order valence-electron chi connectivity index (χ0n) is 20.1. The van der Waals surface area contributed by atoms with E-state index in [4.69, 9.17) is 0 Å². The second-order valence-corrected chi connectivity index (χ2v) is 14.5. The smallest absolute Gasteiger partial charge is 0.123 e. The van der Waals surface area contributed by atoms with Crippen molar-refractivity contribution in [2.24, 2.45) is 35.5 Å². The highest BCUT2D eigenvalue weighted by atomic mass is 16.3. The van der Waals surface area contributed by atoms with E-state index in [1.807, 2.05) is 0 Å². The molecule has 1 nitrogen and oxygen atoms in total. The van der Waals surface area contributed by atoms with Gasteiger partial charge >= 0.3 is 0 Å². The van der Waals surface area contributed by atoms with Crippen LogP contribution < -0.4 is 0 Å². The molecule has 8 fully saturated rings. The van der Waals surface area contributed by atoms with E-state index in [-0.39, 0.29) is 10.8 Å². The van der Waals surface area contributed by atoms with E-state index in [2.05, 4.69) is 32.9 Å². The SMILES string of the molecule is CC(C)(C)c1c(C23CC4CC(CC(C4)C2)C3)ccc(C23CC4CC(CC(C4)C2)C3)c1O. The number of hydrogen-bond acceptors (Lipinski definition) is 1. The Bertz CT molecular complexity index is 845. The summed E-state index contributed by atoms with van der Waals surface area (Å²) in [6.07, 6.45) is 17.1. The maximum absolute atomic E-state index is 12.1. The van der Waals surface area contributed by atoms with Crippen molar-refractivity contribution < 1.29 is 5.11 Å². The van der Waals surface area contributed by atoms with Crippen LogP contribution in [0.4, 0.5) is 0 Å². The Morgan fingerprint density at radius 2 is 0.935 bits per heavy atom. The van der Waals surface area contributed by atoms with E-state index in [9.17, 15) is 5.11 Å². The zero-order chi connectivity index (χ0) is 21.2. The van der Waals surface area contributed by atoms with Gasteiger partial charge in [0, 0.05) is 11.1 Å². The Hall–Kier alpha value is -0.980. The maximum Gasteiger partial charge on any atom is 0.123 e. The highest BCUT2D eigenvalue weighted by molar-refractivity contribution is 5.55.